The first-order chi connectivity index (χ1) is 9.52. The van der Waals surface area contributed by atoms with E-state index in [0.717, 1.165) is 5.69 Å². The van der Waals surface area contributed by atoms with E-state index in [9.17, 15) is 4.79 Å². The highest BCUT2D eigenvalue weighted by atomic mass is 16.5. The molecule has 0 aliphatic carbocycles. The standard InChI is InChI=1S/C13H17N5O2/c1-7(2)11-10(14)12(18-17-11)13(19)16-8-4-5-9(20-3)15-6-8/h4-7H,14H2,1-3H3,(H,16,19)(H,17,18). The van der Waals surface area contributed by atoms with Crippen LogP contribution in [0.2, 0.25) is 0 Å². The lowest BCUT2D eigenvalue weighted by molar-refractivity contribution is 0.102. The SMILES string of the molecule is COc1ccc(NC(=O)c2n[nH]c(C(C)C)c2N)cn1. The molecule has 2 heterocycles. The molecule has 0 saturated heterocycles. The molecular formula is C13H17N5O2. The molecule has 0 aliphatic rings. The number of nitrogens with two attached hydrogens (primary N) is 1. The van der Waals surface area contributed by atoms with Gasteiger partial charge in [-0.25, -0.2) is 4.98 Å². The Balaban J connectivity index is 2.15. The molecule has 2 aromatic heterocycles. The van der Waals surface area contributed by atoms with Crippen molar-refractivity contribution in [1.29, 1.82) is 0 Å². The van der Waals surface area contributed by atoms with Gasteiger partial charge in [0.15, 0.2) is 5.69 Å². The number of aromatic nitrogens is 3. The minimum atomic E-state index is -0.377. The Morgan fingerprint density at radius 1 is 1.45 bits per heavy atom. The van der Waals surface area contributed by atoms with Gasteiger partial charge in [0, 0.05) is 6.07 Å². The van der Waals surface area contributed by atoms with Gasteiger partial charge in [0.05, 0.1) is 30.4 Å². The van der Waals surface area contributed by atoms with Crippen LogP contribution in [0.3, 0.4) is 0 Å². The van der Waals surface area contributed by atoms with Crippen LogP contribution < -0.4 is 15.8 Å². The third kappa shape index (κ3) is 2.71. The first-order valence-corrected chi connectivity index (χ1v) is 6.18. The number of hydrogen-bond acceptors (Lipinski definition) is 5. The predicted molar refractivity (Wildman–Crippen MR) is 75.8 cm³/mol. The van der Waals surface area contributed by atoms with Crippen LogP contribution >= 0.6 is 0 Å². The van der Waals surface area contributed by atoms with Crippen molar-refractivity contribution in [3.05, 3.63) is 29.7 Å². The number of nitrogen functional groups attached to an aromatic ring is 1. The van der Waals surface area contributed by atoms with Crippen LogP contribution in [0.4, 0.5) is 11.4 Å². The maximum atomic E-state index is 12.1. The number of H-pyrrole nitrogens is 1. The number of ether oxygens (including phenoxy) is 1. The highest BCUT2D eigenvalue weighted by molar-refractivity contribution is 6.06. The maximum Gasteiger partial charge on any atom is 0.278 e. The average Bonchev–Trinajstić information content (AvgIpc) is 2.81. The van der Waals surface area contributed by atoms with Crippen LogP contribution in [-0.4, -0.2) is 28.2 Å². The summed E-state index contributed by atoms with van der Waals surface area (Å²) in [5.41, 5.74) is 7.77. The molecule has 0 saturated carbocycles. The first-order valence-electron chi connectivity index (χ1n) is 6.18. The monoisotopic (exact) mass is 275 g/mol. The molecule has 2 rings (SSSR count). The number of anilines is 2. The quantitative estimate of drug-likeness (QED) is 0.788. The van der Waals surface area contributed by atoms with Crippen molar-refractivity contribution in [3.8, 4) is 5.88 Å². The fourth-order valence-electron chi connectivity index (χ4n) is 1.74. The van der Waals surface area contributed by atoms with Gasteiger partial charge in [0.25, 0.3) is 5.91 Å². The van der Waals surface area contributed by atoms with Crippen LogP contribution in [0, 0.1) is 0 Å². The molecule has 0 bridgehead atoms. The predicted octanol–water partition coefficient (Wildman–Crippen LogP) is 1.77. The summed E-state index contributed by atoms with van der Waals surface area (Å²) in [7, 11) is 1.53. The van der Waals surface area contributed by atoms with Gasteiger partial charge in [-0.3, -0.25) is 9.89 Å². The Labute approximate surface area is 116 Å². The van der Waals surface area contributed by atoms with Crippen LogP contribution in [0.1, 0.15) is 35.9 Å². The molecule has 106 valence electrons. The molecule has 7 heteroatoms. The number of rotatable bonds is 4. The molecule has 0 atom stereocenters. The molecule has 20 heavy (non-hydrogen) atoms. The Hall–Kier alpha value is -2.57. The van der Waals surface area contributed by atoms with Crippen molar-refractivity contribution in [2.45, 2.75) is 19.8 Å². The molecule has 1 amide bonds. The van der Waals surface area contributed by atoms with Gasteiger partial charge in [0.1, 0.15) is 0 Å². The summed E-state index contributed by atoms with van der Waals surface area (Å²) in [6.45, 7) is 3.94. The molecule has 0 radical (unpaired) electrons. The Kier molecular flexibility index (Phi) is 3.88. The number of nitrogens with one attached hydrogen (secondary N) is 2. The lowest BCUT2D eigenvalue weighted by Gasteiger charge is -2.05. The Bertz CT molecular complexity index is 604. The number of nitrogens with zero attached hydrogens (tertiary/aromatic N) is 2. The van der Waals surface area contributed by atoms with Gasteiger partial charge >= 0.3 is 0 Å². The molecular weight excluding hydrogens is 258 g/mol. The van der Waals surface area contributed by atoms with Gasteiger partial charge in [0.2, 0.25) is 5.88 Å². The molecule has 0 fully saturated rings. The Morgan fingerprint density at radius 3 is 2.70 bits per heavy atom. The summed E-state index contributed by atoms with van der Waals surface area (Å²) >= 11 is 0. The van der Waals surface area contributed by atoms with E-state index in [1.165, 1.54) is 13.3 Å². The molecule has 4 N–H and O–H groups in total. The normalized spacial score (nSPS) is 10.6. The maximum absolute atomic E-state index is 12.1. The summed E-state index contributed by atoms with van der Waals surface area (Å²) in [5, 5.41) is 9.43. The highest BCUT2D eigenvalue weighted by Crippen LogP contribution is 2.22. The van der Waals surface area contributed by atoms with Crippen LogP contribution in [-0.2, 0) is 0 Å². The molecule has 0 unspecified atom stereocenters. The average molecular weight is 275 g/mol. The van der Waals surface area contributed by atoms with E-state index in [2.05, 4.69) is 20.5 Å². The van der Waals surface area contributed by atoms with Gasteiger partial charge in [-0.05, 0) is 12.0 Å². The van der Waals surface area contributed by atoms with Gasteiger partial charge in [-0.1, -0.05) is 13.8 Å². The van der Waals surface area contributed by atoms with Crippen molar-refractivity contribution in [2.75, 3.05) is 18.2 Å². The van der Waals surface area contributed by atoms with Gasteiger partial charge < -0.3 is 15.8 Å². The zero-order valence-electron chi connectivity index (χ0n) is 11.6. The zero-order chi connectivity index (χ0) is 14.7. The summed E-state index contributed by atoms with van der Waals surface area (Å²) in [4.78, 5) is 16.1. The number of carbonyl (C=O) groups is 1. The van der Waals surface area contributed by atoms with E-state index in [1.807, 2.05) is 13.8 Å². The molecule has 0 aliphatic heterocycles. The third-order valence-corrected chi connectivity index (χ3v) is 2.83. The summed E-state index contributed by atoms with van der Waals surface area (Å²) in [6.07, 6.45) is 1.50. The van der Waals surface area contributed by atoms with Crippen molar-refractivity contribution in [1.82, 2.24) is 15.2 Å². The van der Waals surface area contributed by atoms with E-state index in [4.69, 9.17) is 10.5 Å². The first kappa shape index (κ1) is 13.9. The Morgan fingerprint density at radius 2 is 2.20 bits per heavy atom. The minimum absolute atomic E-state index is 0.173. The van der Waals surface area contributed by atoms with Crippen molar-refractivity contribution in [2.24, 2.45) is 0 Å². The molecule has 2 aromatic rings. The lowest BCUT2D eigenvalue weighted by Crippen LogP contribution is -2.14. The van der Waals surface area contributed by atoms with Crippen molar-refractivity contribution >= 4 is 17.3 Å². The number of aromatic amines is 1. The van der Waals surface area contributed by atoms with Crippen molar-refractivity contribution in [3.63, 3.8) is 0 Å². The second-order valence-corrected chi connectivity index (χ2v) is 4.60. The summed E-state index contributed by atoms with van der Waals surface area (Å²) in [5.74, 6) is 0.272. The third-order valence-electron chi connectivity index (χ3n) is 2.83. The largest absolute Gasteiger partial charge is 0.481 e. The highest BCUT2D eigenvalue weighted by Gasteiger charge is 2.18. The number of pyridine rings is 1. The number of carbonyl (C=O) groups excluding carboxylic acids is 1. The van der Waals surface area contributed by atoms with E-state index in [-0.39, 0.29) is 17.5 Å². The van der Waals surface area contributed by atoms with Gasteiger partial charge in [-0.2, -0.15) is 5.10 Å². The van der Waals surface area contributed by atoms with E-state index in [1.54, 1.807) is 12.1 Å². The van der Waals surface area contributed by atoms with E-state index >= 15 is 0 Å². The summed E-state index contributed by atoms with van der Waals surface area (Å²) < 4.78 is 4.95. The number of amides is 1. The lowest BCUT2D eigenvalue weighted by atomic mass is 10.1. The van der Waals surface area contributed by atoms with Crippen LogP contribution in [0.25, 0.3) is 0 Å². The zero-order valence-corrected chi connectivity index (χ0v) is 11.6. The van der Waals surface area contributed by atoms with Gasteiger partial charge in [-0.15, -0.1) is 0 Å². The topological polar surface area (TPSA) is 106 Å². The second kappa shape index (κ2) is 5.60. The number of hydrogen-bond donors (Lipinski definition) is 3. The minimum Gasteiger partial charge on any atom is -0.481 e. The van der Waals surface area contributed by atoms with Crippen LogP contribution in [0.5, 0.6) is 5.88 Å². The number of methoxy groups -OCH3 is 1. The molecule has 0 spiro atoms. The summed E-state index contributed by atoms with van der Waals surface area (Å²) in [6, 6.07) is 3.35. The van der Waals surface area contributed by atoms with E-state index in [0.29, 0.717) is 17.3 Å². The van der Waals surface area contributed by atoms with Crippen LogP contribution in [0.15, 0.2) is 18.3 Å². The fourth-order valence-corrected chi connectivity index (χ4v) is 1.74. The smallest absolute Gasteiger partial charge is 0.278 e. The molecule has 7 nitrogen and oxygen atoms in total. The van der Waals surface area contributed by atoms with Crippen molar-refractivity contribution < 1.29 is 9.53 Å². The fraction of sp³-hybridized carbons (Fsp3) is 0.308. The molecule has 0 aromatic carbocycles. The second-order valence-electron chi connectivity index (χ2n) is 4.60. The van der Waals surface area contributed by atoms with E-state index < -0.39 is 0 Å².